The third-order valence-electron chi connectivity index (χ3n) is 2.37. The van der Waals surface area contributed by atoms with Gasteiger partial charge in [0, 0.05) is 5.25 Å². The van der Waals surface area contributed by atoms with Crippen LogP contribution in [0, 0.1) is 17.2 Å². The van der Waals surface area contributed by atoms with Crippen LogP contribution in [-0.4, -0.2) is 10.5 Å². The Morgan fingerprint density at radius 2 is 1.92 bits per heavy atom. The van der Waals surface area contributed by atoms with Crippen LogP contribution in [0.15, 0.2) is 0 Å². The molecule has 1 saturated carbocycles. The van der Waals surface area contributed by atoms with Crippen LogP contribution in [0.5, 0.6) is 0 Å². The Morgan fingerprint density at radius 3 is 2.33 bits per heavy atom. The molecule has 0 aliphatic heterocycles. The van der Waals surface area contributed by atoms with Crippen molar-refractivity contribution in [1.29, 1.82) is 5.26 Å². The summed E-state index contributed by atoms with van der Waals surface area (Å²) < 4.78 is 0. The molecule has 1 atom stereocenters. The highest BCUT2D eigenvalue weighted by Gasteiger charge is 2.25. The maximum absolute atomic E-state index is 8.96. The zero-order valence-corrected chi connectivity index (χ0v) is 8.73. The lowest BCUT2D eigenvalue weighted by Gasteiger charge is -2.17. The van der Waals surface area contributed by atoms with Crippen LogP contribution >= 0.6 is 11.8 Å². The third kappa shape index (κ3) is 2.71. The van der Waals surface area contributed by atoms with Crippen molar-refractivity contribution < 1.29 is 0 Å². The minimum atomic E-state index is 0.257. The van der Waals surface area contributed by atoms with E-state index in [-0.39, 0.29) is 5.25 Å². The molecule has 12 heavy (non-hydrogen) atoms. The molecule has 68 valence electrons. The van der Waals surface area contributed by atoms with Gasteiger partial charge in [-0.15, -0.1) is 11.8 Å². The van der Waals surface area contributed by atoms with E-state index in [2.05, 4.69) is 19.9 Å². The molecule has 0 radical (unpaired) electrons. The van der Waals surface area contributed by atoms with E-state index in [9.17, 15) is 0 Å². The largest absolute Gasteiger partial charge is 0.197 e. The van der Waals surface area contributed by atoms with Crippen molar-refractivity contribution in [2.45, 2.75) is 50.0 Å². The molecule has 1 aliphatic rings. The quantitative estimate of drug-likeness (QED) is 0.671. The fraction of sp³-hybridized carbons (Fsp3) is 0.900. The molecule has 1 rings (SSSR count). The summed E-state index contributed by atoms with van der Waals surface area (Å²) in [6, 6.07) is 2.44. The fourth-order valence-corrected chi connectivity index (χ4v) is 2.94. The molecular weight excluding hydrogens is 166 g/mol. The van der Waals surface area contributed by atoms with Crippen LogP contribution in [0.25, 0.3) is 0 Å². The zero-order chi connectivity index (χ0) is 8.97. The van der Waals surface area contributed by atoms with E-state index in [1.807, 2.05) is 11.8 Å². The van der Waals surface area contributed by atoms with E-state index in [0.29, 0.717) is 11.2 Å². The Labute approximate surface area is 79.5 Å². The predicted molar refractivity (Wildman–Crippen MR) is 54.1 cm³/mol. The molecule has 1 fully saturated rings. The Hall–Kier alpha value is -0.160. The van der Waals surface area contributed by atoms with E-state index < -0.39 is 0 Å². The van der Waals surface area contributed by atoms with Gasteiger partial charge in [-0.2, -0.15) is 5.26 Å². The number of thioether (sulfide) groups is 1. The molecule has 0 aromatic rings. The monoisotopic (exact) mass is 183 g/mol. The van der Waals surface area contributed by atoms with Gasteiger partial charge in [-0.05, 0) is 18.8 Å². The van der Waals surface area contributed by atoms with Gasteiger partial charge >= 0.3 is 0 Å². The van der Waals surface area contributed by atoms with Crippen molar-refractivity contribution >= 4 is 11.8 Å². The zero-order valence-electron chi connectivity index (χ0n) is 7.92. The molecule has 0 aromatic heterocycles. The molecule has 0 saturated heterocycles. The summed E-state index contributed by atoms with van der Waals surface area (Å²) >= 11 is 1.84. The first-order valence-corrected chi connectivity index (χ1v) is 5.73. The standard InChI is InChI=1S/C10H17NS/c1-8(2)12-10(7-11)9-5-3-4-6-9/h8-10H,3-6H2,1-2H3. The molecule has 0 amide bonds. The molecule has 1 aliphatic carbocycles. The van der Waals surface area contributed by atoms with Gasteiger partial charge in [0.25, 0.3) is 0 Å². The summed E-state index contributed by atoms with van der Waals surface area (Å²) in [6.07, 6.45) is 5.22. The summed E-state index contributed by atoms with van der Waals surface area (Å²) in [4.78, 5) is 0. The van der Waals surface area contributed by atoms with E-state index in [0.717, 1.165) is 0 Å². The van der Waals surface area contributed by atoms with Gasteiger partial charge in [0.15, 0.2) is 0 Å². The lowest BCUT2D eigenvalue weighted by atomic mass is 10.1. The minimum absolute atomic E-state index is 0.257. The third-order valence-corrected chi connectivity index (χ3v) is 3.70. The SMILES string of the molecule is CC(C)SC(C#N)C1CCCC1. The summed E-state index contributed by atoms with van der Waals surface area (Å²) in [5.41, 5.74) is 0. The smallest absolute Gasteiger partial charge is 0.0947 e. The van der Waals surface area contributed by atoms with Crippen molar-refractivity contribution in [3.8, 4) is 6.07 Å². The highest BCUT2D eigenvalue weighted by atomic mass is 32.2. The van der Waals surface area contributed by atoms with Gasteiger partial charge in [-0.1, -0.05) is 26.7 Å². The highest BCUT2D eigenvalue weighted by molar-refractivity contribution is 8.00. The van der Waals surface area contributed by atoms with Crippen molar-refractivity contribution in [2.24, 2.45) is 5.92 Å². The number of hydrogen-bond acceptors (Lipinski definition) is 2. The van der Waals surface area contributed by atoms with Gasteiger partial charge in [0.2, 0.25) is 0 Å². The van der Waals surface area contributed by atoms with Crippen molar-refractivity contribution in [1.82, 2.24) is 0 Å². The van der Waals surface area contributed by atoms with Crippen molar-refractivity contribution in [3.63, 3.8) is 0 Å². The molecule has 0 heterocycles. The molecule has 0 N–H and O–H groups in total. The molecular formula is C10H17NS. The van der Waals surface area contributed by atoms with E-state index >= 15 is 0 Å². The van der Waals surface area contributed by atoms with E-state index in [1.165, 1.54) is 25.7 Å². The van der Waals surface area contributed by atoms with Crippen LogP contribution in [0.3, 0.4) is 0 Å². The molecule has 1 nitrogen and oxygen atoms in total. The predicted octanol–water partition coefficient (Wildman–Crippen LogP) is 3.21. The second-order valence-electron chi connectivity index (χ2n) is 3.78. The Kier molecular flexibility index (Phi) is 3.94. The van der Waals surface area contributed by atoms with Crippen LogP contribution in [0.2, 0.25) is 0 Å². The molecule has 0 aromatic carbocycles. The van der Waals surface area contributed by atoms with Gasteiger partial charge in [0.05, 0.1) is 11.3 Å². The van der Waals surface area contributed by atoms with Crippen LogP contribution in [0.4, 0.5) is 0 Å². The van der Waals surface area contributed by atoms with Gasteiger partial charge < -0.3 is 0 Å². The molecule has 1 unspecified atom stereocenters. The molecule has 2 heteroatoms. The highest BCUT2D eigenvalue weighted by Crippen LogP contribution is 2.34. The van der Waals surface area contributed by atoms with Crippen molar-refractivity contribution in [3.05, 3.63) is 0 Å². The number of rotatable bonds is 3. The Bertz CT molecular complexity index is 165. The average molecular weight is 183 g/mol. The summed E-state index contributed by atoms with van der Waals surface area (Å²) in [5, 5.41) is 9.81. The Morgan fingerprint density at radius 1 is 1.33 bits per heavy atom. The molecule has 0 bridgehead atoms. The lowest BCUT2D eigenvalue weighted by Crippen LogP contribution is -2.14. The lowest BCUT2D eigenvalue weighted by molar-refractivity contribution is 0.574. The molecule has 0 spiro atoms. The first-order chi connectivity index (χ1) is 5.74. The maximum atomic E-state index is 8.96. The van der Waals surface area contributed by atoms with Crippen LogP contribution in [0.1, 0.15) is 39.5 Å². The first kappa shape index (κ1) is 9.92. The van der Waals surface area contributed by atoms with E-state index in [4.69, 9.17) is 5.26 Å². The van der Waals surface area contributed by atoms with Crippen LogP contribution < -0.4 is 0 Å². The van der Waals surface area contributed by atoms with E-state index in [1.54, 1.807) is 0 Å². The second-order valence-corrected chi connectivity index (χ2v) is 5.50. The normalized spacial score (nSPS) is 21.2. The summed E-state index contributed by atoms with van der Waals surface area (Å²) in [5.74, 6) is 0.683. The Balaban J connectivity index is 2.39. The number of hydrogen-bond donors (Lipinski definition) is 0. The van der Waals surface area contributed by atoms with Gasteiger partial charge in [-0.3, -0.25) is 0 Å². The fourth-order valence-electron chi connectivity index (χ4n) is 1.80. The van der Waals surface area contributed by atoms with Gasteiger partial charge in [0.1, 0.15) is 0 Å². The summed E-state index contributed by atoms with van der Waals surface area (Å²) in [6.45, 7) is 4.34. The first-order valence-electron chi connectivity index (χ1n) is 4.79. The van der Waals surface area contributed by atoms with Crippen molar-refractivity contribution in [2.75, 3.05) is 0 Å². The van der Waals surface area contributed by atoms with Gasteiger partial charge in [-0.25, -0.2) is 0 Å². The van der Waals surface area contributed by atoms with Crippen LogP contribution in [-0.2, 0) is 0 Å². The minimum Gasteiger partial charge on any atom is -0.197 e. The second kappa shape index (κ2) is 4.77. The number of nitrogens with zero attached hydrogens (tertiary/aromatic N) is 1. The maximum Gasteiger partial charge on any atom is 0.0947 e. The summed E-state index contributed by atoms with van der Waals surface area (Å²) in [7, 11) is 0. The number of nitriles is 1. The average Bonchev–Trinajstić information content (AvgIpc) is 2.51. The topological polar surface area (TPSA) is 23.8 Å².